The van der Waals surface area contributed by atoms with Crippen molar-refractivity contribution in [3.8, 4) is 0 Å². The Morgan fingerprint density at radius 1 is 0.528 bits per heavy atom. The summed E-state index contributed by atoms with van der Waals surface area (Å²) in [7, 11) is 0. The van der Waals surface area contributed by atoms with Crippen molar-refractivity contribution in [1.82, 2.24) is 5.32 Å². The lowest BCUT2D eigenvalue weighted by Crippen LogP contribution is -2.46. The Balaban J connectivity index is 4.58. The molecule has 0 bridgehead atoms. The summed E-state index contributed by atoms with van der Waals surface area (Å²) in [5, 5.41) is 23.6. The summed E-state index contributed by atoms with van der Waals surface area (Å²) in [6.07, 6.45) is 44.1. The molecule has 3 atom stereocenters. The molecule has 3 N–H and O–H groups in total. The summed E-state index contributed by atoms with van der Waals surface area (Å²) >= 11 is 0. The Bertz CT molecular complexity index is 802. The standard InChI is InChI=1S/C47H91NO5/c1-4-7-10-13-16-19-21-23-25-28-31-34-37-40-47(52)53-43(38-35-32-29-27-24-22-20-17-14-11-8-5-2)41-46(51)48-44(42-49)45(50)39-36-33-30-26-18-15-12-9-6-3/h23,25,43-45,49-50H,4-22,24,26-42H2,1-3H3,(H,48,51)/b25-23-. The normalized spacial score (nSPS) is 13.4. The zero-order chi connectivity index (χ0) is 38.9. The maximum Gasteiger partial charge on any atom is 0.306 e. The number of hydrogen-bond acceptors (Lipinski definition) is 5. The van der Waals surface area contributed by atoms with Gasteiger partial charge in [0.05, 0.1) is 25.2 Å². The number of carbonyl (C=O) groups excluding carboxylic acids is 2. The average molecular weight is 750 g/mol. The van der Waals surface area contributed by atoms with Gasteiger partial charge in [-0.1, -0.05) is 200 Å². The number of carbonyl (C=O) groups is 2. The third-order valence-corrected chi connectivity index (χ3v) is 10.8. The monoisotopic (exact) mass is 750 g/mol. The van der Waals surface area contributed by atoms with Crippen LogP contribution in [0.1, 0.15) is 252 Å². The van der Waals surface area contributed by atoms with E-state index in [9.17, 15) is 19.8 Å². The fourth-order valence-corrected chi connectivity index (χ4v) is 7.25. The van der Waals surface area contributed by atoms with Gasteiger partial charge in [0, 0.05) is 6.42 Å². The second-order valence-electron chi connectivity index (χ2n) is 16.2. The minimum absolute atomic E-state index is 0.0778. The zero-order valence-electron chi connectivity index (χ0n) is 35.7. The van der Waals surface area contributed by atoms with Crippen LogP contribution in [0.5, 0.6) is 0 Å². The van der Waals surface area contributed by atoms with Gasteiger partial charge in [-0.05, 0) is 51.4 Å². The SMILES string of the molecule is CCCCCCCC/C=C\CCCCCC(=O)OC(CCCCCCCCCCCCCC)CC(=O)NC(CO)C(O)CCCCCCCCCCC. The van der Waals surface area contributed by atoms with Crippen LogP contribution in [-0.2, 0) is 14.3 Å². The van der Waals surface area contributed by atoms with Gasteiger partial charge in [-0.15, -0.1) is 0 Å². The van der Waals surface area contributed by atoms with E-state index in [-0.39, 0.29) is 24.9 Å². The van der Waals surface area contributed by atoms with Crippen LogP contribution >= 0.6 is 0 Å². The second-order valence-corrected chi connectivity index (χ2v) is 16.2. The summed E-state index contributed by atoms with van der Waals surface area (Å²) in [4.78, 5) is 26.0. The summed E-state index contributed by atoms with van der Waals surface area (Å²) in [6, 6.07) is -0.695. The molecule has 3 unspecified atom stereocenters. The molecule has 0 aromatic rings. The molecule has 6 nitrogen and oxygen atoms in total. The summed E-state index contributed by atoms with van der Waals surface area (Å²) in [5.74, 6) is -0.482. The lowest BCUT2D eigenvalue weighted by atomic mass is 10.0. The maximum atomic E-state index is 13.1. The van der Waals surface area contributed by atoms with Gasteiger partial charge in [-0.3, -0.25) is 9.59 Å². The van der Waals surface area contributed by atoms with Crippen LogP contribution in [0.3, 0.4) is 0 Å². The van der Waals surface area contributed by atoms with E-state index in [2.05, 4.69) is 38.2 Å². The lowest BCUT2D eigenvalue weighted by molar-refractivity contribution is -0.151. The number of allylic oxidation sites excluding steroid dienone is 2. The van der Waals surface area contributed by atoms with Crippen molar-refractivity contribution in [3.05, 3.63) is 12.2 Å². The Morgan fingerprint density at radius 2 is 0.906 bits per heavy atom. The molecule has 6 heteroatoms. The Hall–Kier alpha value is -1.40. The highest BCUT2D eigenvalue weighted by Gasteiger charge is 2.24. The highest BCUT2D eigenvalue weighted by atomic mass is 16.5. The first-order valence-corrected chi connectivity index (χ1v) is 23.4. The number of hydrogen-bond donors (Lipinski definition) is 3. The molecule has 0 aliphatic heterocycles. The van der Waals surface area contributed by atoms with Crippen LogP contribution in [0, 0.1) is 0 Å². The summed E-state index contributed by atoms with van der Waals surface area (Å²) in [5.41, 5.74) is 0. The van der Waals surface area contributed by atoms with E-state index in [0.29, 0.717) is 19.3 Å². The van der Waals surface area contributed by atoms with E-state index in [0.717, 1.165) is 57.8 Å². The van der Waals surface area contributed by atoms with E-state index in [1.807, 2.05) is 0 Å². The maximum absolute atomic E-state index is 13.1. The van der Waals surface area contributed by atoms with Crippen LogP contribution in [-0.4, -0.2) is 46.9 Å². The van der Waals surface area contributed by atoms with Crippen molar-refractivity contribution in [2.24, 2.45) is 0 Å². The molecule has 0 spiro atoms. The van der Waals surface area contributed by atoms with Gasteiger partial charge >= 0.3 is 5.97 Å². The van der Waals surface area contributed by atoms with E-state index in [1.165, 1.54) is 148 Å². The quantitative estimate of drug-likeness (QED) is 0.0328. The number of nitrogens with one attached hydrogen (secondary N) is 1. The molecule has 0 saturated heterocycles. The van der Waals surface area contributed by atoms with Gasteiger partial charge in [0.25, 0.3) is 0 Å². The molecule has 0 aliphatic rings. The molecule has 53 heavy (non-hydrogen) atoms. The van der Waals surface area contributed by atoms with Gasteiger partial charge in [-0.2, -0.15) is 0 Å². The third kappa shape index (κ3) is 37.3. The predicted octanol–water partition coefficient (Wildman–Crippen LogP) is 13.4. The molecule has 1 amide bonds. The second kappa shape index (κ2) is 41.8. The largest absolute Gasteiger partial charge is 0.462 e. The predicted molar refractivity (Wildman–Crippen MR) is 227 cm³/mol. The van der Waals surface area contributed by atoms with Crippen molar-refractivity contribution < 1.29 is 24.5 Å². The number of aliphatic hydroxyl groups excluding tert-OH is 2. The highest BCUT2D eigenvalue weighted by molar-refractivity contribution is 5.77. The summed E-state index contributed by atoms with van der Waals surface area (Å²) < 4.78 is 5.90. The van der Waals surface area contributed by atoms with Gasteiger partial charge < -0.3 is 20.3 Å². The minimum Gasteiger partial charge on any atom is -0.462 e. The highest BCUT2D eigenvalue weighted by Crippen LogP contribution is 2.18. The number of esters is 1. The van der Waals surface area contributed by atoms with Crippen LogP contribution in [0.25, 0.3) is 0 Å². The first-order chi connectivity index (χ1) is 26.0. The number of unbranched alkanes of at least 4 members (excludes halogenated alkanes) is 28. The first kappa shape index (κ1) is 51.6. The topological polar surface area (TPSA) is 95.9 Å². The lowest BCUT2D eigenvalue weighted by Gasteiger charge is -2.24. The van der Waals surface area contributed by atoms with Crippen molar-refractivity contribution in [2.75, 3.05) is 6.61 Å². The van der Waals surface area contributed by atoms with E-state index in [4.69, 9.17) is 4.74 Å². The molecule has 0 fully saturated rings. The van der Waals surface area contributed by atoms with Crippen LogP contribution in [0.4, 0.5) is 0 Å². The molecule has 0 heterocycles. The Labute approximate surface area is 329 Å². The van der Waals surface area contributed by atoms with Crippen LogP contribution < -0.4 is 5.32 Å². The molecule has 0 saturated carbocycles. The number of amides is 1. The molecular weight excluding hydrogens is 659 g/mol. The first-order valence-electron chi connectivity index (χ1n) is 23.4. The zero-order valence-corrected chi connectivity index (χ0v) is 35.7. The fourth-order valence-electron chi connectivity index (χ4n) is 7.25. The third-order valence-electron chi connectivity index (χ3n) is 10.8. The molecule has 0 radical (unpaired) electrons. The molecule has 0 aromatic heterocycles. The van der Waals surface area contributed by atoms with E-state index in [1.54, 1.807) is 0 Å². The molecule has 0 aromatic carbocycles. The van der Waals surface area contributed by atoms with Crippen LogP contribution in [0.15, 0.2) is 12.2 Å². The molecule has 0 rings (SSSR count). The van der Waals surface area contributed by atoms with E-state index < -0.39 is 18.2 Å². The number of aliphatic hydroxyl groups is 2. The van der Waals surface area contributed by atoms with Crippen molar-refractivity contribution in [3.63, 3.8) is 0 Å². The van der Waals surface area contributed by atoms with E-state index >= 15 is 0 Å². The van der Waals surface area contributed by atoms with Gasteiger partial charge in [0.1, 0.15) is 6.10 Å². The average Bonchev–Trinajstić information content (AvgIpc) is 3.15. The number of ether oxygens (including phenoxy) is 1. The van der Waals surface area contributed by atoms with Gasteiger partial charge in [0.2, 0.25) is 5.91 Å². The molecule has 0 aliphatic carbocycles. The van der Waals surface area contributed by atoms with Crippen molar-refractivity contribution in [1.29, 1.82) is 0 Å². The Morgan fingerprint density at radius 3 is 1.34 bits per heavy atom. The summed E-state index contributed by atoms with van der Waals surface area (Å²) in [6.45, 7) is 6.45. The molecule has 314 valence electrons. The van der Waals surface area contributed by atoms with Gasteiger partial charge in [0.15, 0.2) is 0 Å². The van der Waals surface area contributed by atoms with Crippen molar-refractivity contribution in [2.45, 2.75) is 270 Å². The minimum atomic E-state index is -0.781. The smallest absolute Gasteiger partial charge is 0.306 e. The van der Waals surface area contributed by atoms with Crippen molar-refractivity contribution >= 4 is 11.9 Å². The molecular formula is C47H91NO5. The number of rotatable bonds is 42. The van der Waals surface area contributed by atoms with Crippen LogP contribution in [0.2, 0.25) is 0 Å². The Kier molecular flexibility index (Phi) is 40.7. The fraction of sp³-hybridized carbons (Fsp3) is 0.915. The van der Waals surface area contributed by atoms with Gasteiger partial charge in [-0.25, -0.2) is 0 Å².